The molecule has 0 aliphatic heterocycles. The Kier molecular flexibility index (Phi) is 3.25. The number of ketones is 1. The van der Waals surface area contributed by atoms with E-state index in [1.165, 1.54) is 11.3 Å². The number of carbonyl (C=O) groups is 1. The summed E-state index contributed by atoms with van der Waals surface area (Å²) in [6.45, 7) is 0. The Morgan fingerprint density at radius 1 is 1.33 bits per heavy atom. The number of alkyl halides is 3. The summed E-state index contributed by atoms with van der Waals surface area (Å²) >= 11 is 1.44. The van der Waals surface area contributed by atoms with Crippen LogP contribution in [0.2, 0.25) is 0 Å². The largest absolute Gasteiger partial charge is 0.417 e. The monoisotopic (exact) mass is 311 g/mol. The zero-order valence-corrected chi connectivity index (χ0v) is 11.3. The molecule has 0 amide bonds. The van der Waals surface area contributed by atoms with Crippen LogP contribution < -0.4 is 0 Å². The van der Waals surface area contributed by atoms with Gasteiger partial charge in [0.05, 0.1) is 17.7 Å². The first-order valence-electron chi connectivity index (χ1n) is 5.91. The van der Waals surface area contributed by atoms with Gasteiger partial charge in [-0.2, -0.15) is 13.2 Å². The third-order valence-corrected chi connectivity index (χ3v) is 3.63. The van der Waals surface area contributed by atoms with Crippen LogP contribution in [0.15, 0.2) is 36.1 Å². The molecule has 3 heterocycles. The summed E-state index contributed by atoms with van der Waals surface area (Å²) < 4.78 is 39.0. The number of rotatable bonds is 3. The van der Waals surface area contributed by atoms with E-state index in [0.717, 1.165) is 17.1 Å². The van der Waals surface area contributed by atoms with Gasteiger partial charge in [0.25, 0.3) is 0 Å². The third kappa shape index (κ3) is 2.80. The molecule has 108 valence electrons. The molecule has 0 spiro atoms. The van der Waals surface area contributed by atoms with Crippen molar-refractivity contribution in [2.24, 2.45) is 0 Å². The van der Waals surface area contributed by atoms with Crippen LogP contribution in [-0.4, -0.2) is 20.2 Å². The molecule has 0 saturated carbocycles. The number of imidazole rings is 1. The number of fused-ring (bicyclic) bond motifs is 1. The lowest BCUT2D eigenvalue weighted by Crippen LogP contribution is -2.10. The third-order valence-electron chi connectivity index (χ3n) is 2.86. The van der Waals surface area contributed by atoms with Crippen LogP contribution in [0.1, 0.15) is 21.7 Å². The molecule has 0 aromatic carbocycles. The van der Waals surface area contributed by atoms with Gasteiger partial charge in [-0.15, -0.1) is 11.3 Å². The van der Waals surface area contributed by atoms with Gasteiger partial charge >= 0.3 is 6.18 Å². The van der Waals surface area contributed by atoms with Crippen molar-refractivity contribution in [2.75, 3.05) is 0 Å². The zero-order chi connectivity index (χ0) is 15.0. The summed E-state index contributed by atoms with van der Waals surface area (Å²) in [4.78, 5) is 20.6. The average molecular weight is 311 g/mol. The molecule has 0 aliphatic carbocycles. The van der Waals surface area contributed by atoms with E-state index in [0.29, 0.717) is 11.9 Å². The second-order valence-electron chi connectivity index (χ2n) is 4.35. The molecule has 0 atom stereocenters. The van der Waals surface area contributed by atoms with E-state index in [-0.39, 0.29) is 17.9 Å². The Morgan fingerprint density at radius 3 is 2.76 bits per heavy atom. The maximum atomic E-state index is 12.4. The van der Waals surface area contributed by atoms with Crippen LogP contribution in [0.4, 0.5) is 13.2 Å². The minimum atomic E-state index is -4.46. The van der Waals surface area contributed by atoms with E-state index in [1.54, 1.807) is 10.6 Å². The van der Waals surface area contributed by atoms with E-state index in [9.17, 15) is 18.0 Å². The molecular formula is C13H8F3N3OS. The minimum absolute atomic E-state index is 0.000598. The molecule has 8 heteroatoms. The topological polar surface area (TPSA) is 47.3 Å². The molecule has 0 unspecified atom stereocenters. The predicted octanol–water partition coefficient (Wildman–Crippen LogP) is 3.24. The molecule has 3 aromatic heterocycles. The van der Waals surface area contributed by atoms with Gasteiger partial charge in [-0.05, 0) is 12.1 Å². The first-order chi connectivity index (χ1) is 9.93. The van der Waals surface area contributed by atoms with Crippen molar-refractivity contribution in [3.05, 3.63) is 53.1 Å². The van der Waals surface area contributed by atoms with Crippen molar-refractivity contribution in [2.45, 2.75) is 12.6 Å². The van der Waals surface area contributed by atoms with Gasteiger partial charge in [0, 0.05) is 24.0 Å². The molecule has 0 bridgehead atoms. The summed E-state index contributed by atoms with van der Waals surface area (Å²) in [5.41, 5.74) is -0.311. The molecule has 4 nitrogen and oxygen atoms in total. The average Bonchev–Trinajstić information content (AvgIpc) is 2.98. The van der Waals surface area contributed by atoms with Crippen molar-refractivity contribution in [3.8, 4) is 0 Å². The highest BCUT2D eigenvalue weighted by molar-refractivity contribution is 7.15. The van der Waals surface area contributed by atoms with Crippen LogP contribution in [0.3, 0.4) is 0 Å². The first kappa shape index (κ1) is 13.7. The van der Waals surface area contributed by atoms with Crippen LogP contribution in [0, 0.1) is 0 Å². The van der Waals surface area contributed by atoms with Crippen molar-refractivity contribution < 1.29 is 18.0 Å². The smallest absolute Gasteiger partial charge is 0.297 e. The molecule has 21 heavy (non-hydrogen) atoms. The van der Waals surface area contributed by atoms with Gasteiger partial charge in [0.15, 0.2) is 10.7 Å². The van der Waals surface area contributed by atoms with E-state index in [2.05, 4.69) is 9.97 Å². The second-order valence-corrected chi connectivity index (χ2v) is 5.23. The summed E-state index contributed by atoms with van der Waals surface area (Å²) in [5, 5.41) is 1.87. The SMILES string of the molecule is O=C(Cc1cn2ccsc2n1)c1ccc(C(F)(F)F)cn1. The molecular weight excluding hydrogens is 303 g/mol. The number of pyridine rings is 1. The number of nitrogens with zero attached hydrogens (tertiary/aromatic N) is 3. The molecule has 0 fully saturated rings. The Morgan fingerprint density at radius 2 is 2.14 bits per heavy atom. The number of Topliss-reactive ketones (excluding diaryl/α,β-unsaturated/α-hetero) is 1. The lowest BCUT2D eigenvalue weighted by molar-refractivity contribution is -0.137. The highest BCUT2D eigenvalue weighted by Gasteiger charge is 2.30. The molecule has 0 aliphatic rings. The fourth-order valence-electron chi connectivity index (χ4n) is 1.84. The van der Waals surface area contributed by atoms with Gasteiger partial charge in [-0.1, -0.05) is 0 Å². The number of thiazole rings is 1. The van der Waals surface area contributed by atoms with Crippen LogP contribution in [0.25, 0.3) is 4.96 Å². The standard InChI is InChI=1S/C13H8F3N3OS/c14-13(15,16)8-1-2-10(17-6-8)11(20)5-9-7-19-3-4-21-12(19)18-9/h1-4,6-7H,5H2. The van der Waals surface area contributed by atoms with Gasteiger partial charge in [0.2, 0.25) is 0 Å². The quantitative estimate of drug-likeness (QED) is 0.698. The molecule has 3 aromatic rings. The fourth-order valence-corrected chi connectivity index (χ4v) is 2.56. The van der Waals surface area contributed by atoms with Gasteiger partial charge in [0.1, 0.15) is 5.69 Å². The van der Waals surface area contributed by atoms with Crippen molar-refractivity contribution >= 4 is 22.1 Å². The van der Waals surface area contributed by atoms with E-state index in [1.807, 2.05) is 11.6 Å². The Hall–Kier alpha value is -2.22. The zero-order valence-electron chi connectivity index (χ0n) is 10.5. The lowest BCUT2D eigenvalue weighted by Gasteiger charge is -2.06. The Labute approximate surface area is 120 Å². The maximum absolute atomic E-state index is 12.4. The van der Waals surface area contributed by atoms with Crippen LogP contribution in [-0.2, 0) is 12.6 Å². The first-order valence-corrected chi connectivity index (χ1v) is 6.79. The van der Waals surface area contributed by atoms with Crippen molar-refractivity contribution in [1.29, 1.82) is 0 Å². The molecule has 3 rings (SSSR count). The highest BCUT2D eigenvalue weighted by Crippen LogP contribution is 2.28. The molecule has 0 radical (unpaired) electrons. The Balaban J connectivity index is 1.77. The summed E-state index contributed by atoms with van der Waals surface area (Å²) in [6, 6.07) is 1.94. The number of hydrogen-bond acceptors (Lipinski definition) is 4. The fraction of sp³-hybridized carbons (Fsp3) is 0.154. The van der Waals surface area contributed by atoms with Crippen molar-refractivity contribution in [3.63, 3.8) is 0 Å². The number of hydrogen-bond donors (Lipinski definition) is 0. The summed E-state index contributed by atoms with van der Waals surface area (Å²) in [7, 11) is 0. The lowest BCUT2D eigenvalue weighted by atomic mass is 10.1. The van der Waals surface area contributed by atoms with E-state index < -0.39 is 11.7 Å². The van der Waals surface area contributed by atoms with Crippen LogP contribution in [0.5, 0.6) is 0 Å². The minimum Gasteiger partial charge on any atom is -0.297 e. The van der Waals surface area contributed by atoms with Crippen molar-refractivity contribution in [1.82, 2.24) is 14.4 Å². The molecule has 0 N–H and O–H groups in total. The maximum Gasteiger partial charge on any atom is 0.417 e. The number of carbonyl (C=O) groups excluding carboxylic acids is 1. The number of aromatic nitrogens is 3. The van der Waals surface area contributed by atoms with Gasteiger partial charge in [-0.3, -0.25) is 14.2 Å². The number of halogens is 3. The van der Waals surface area contributed by atoms with E-state index >= 15 is 0 Å². The summed E-state index contributed by atoms with van der Waals surface area (Å²) in [5.74, 6) is -0.366. The van der Waals surface area contributed by atoms with Crippen LogP contribution >= 0.6 is 11.3 Å². The normalized spacial score (nSPS) is 12.0. The van der Waals surface area contributed by atoms with E-state index in [4.69, 9.17) is 0 Å². The predicted molar refractivity (Wildman–Crippen MR) is 70.3 cm³/mol. The van der Waals surface area contributed by atoms with Gasteiger partial charge < -0.3 is 0 Å². The van der Waals surface area contributed by atoms with Gasteiger partial charge in [-0.25, -0.2) is 4.98 Å². The summed E-state index contributed by atoms with van der Waals surface area (Å²) in [6.07, 6.45) is -0.250. The Bertz CT molecular complexity index is 760. The molecule has 0 saturated heterocycles. The second kappa shape index (κ2) is 4.96. The highest BCUT2D eigenvalue weighted by atomic mass is 32.1.